The van der Waals surface area contributed by atoms with Crippen LogP contribution in [0.1, 0.15) is 26.1 Å². The van der Waals surface area contributed by atoms with Crippen LogP contribution < -0.4 is 11.1 Å². The third-order valence-electron chi connectivity index (χ3n) is 3.54. The van der Waals surface area contributed by atoms with Crippen LogP contribution in [0, 0.1) is 11.6 Å². The Labute approximate surface area is 153 Å². The molecule has 26 heavy (non-hydrogen) atoms. The molecular weight excluding hydrogens is 364 g/mol. The van der Waals surface area contributed by atoms with Gasteiger partial charge in [0.2, 0.25) is 11.8 Å². The number of nitrogens with zero attached hydrogens (tertiary/aromatic N) is 3. The fourth-order valence-electron chi connectivity index (χ4n) is 2.18. The Morgan fingerprint density at radius 2 is 2.08 bits per heavy atom. The van der Waals surface area contributed by atoms with E-state index < -0.39 is 28.7 Å². The van der Waals surface area contributed by atoms with E-state index in [4.69, 9.17) is 5.73 Å². The SMILES string of the molecule is CCn1c(CCC(N)=O)nnc1S[C@@H](C)C(=O)Nc1cc(F)ccc1F. The summed E-state index contributed by atoms with van der Waals surface area (Å²) in [7, 11) is 0. The molecule has 3 N–H and O–H groups in total. The van der Waals surface area contributed by atoms with E-state index >= 15 is 0 Å². The number of carbonyl (C=O) groups excluding carboxylic acids is 2. The van der Waals surface area contributed by atoms with Crippen molar-refractivity contribution in [2.45, 2.75) is 43.6 Å². The topological polar surface area (TPSA) is 103 Å². The summed E-state index contributed by atoms with van der Waals surface area (Å²) in [5.74, 6) is -1.70. The number of primary amides is 1. The Morgan fingerprint density at radius 1 is 1.35 bits per heavy atom. The van der Waals surface area contributed by atoms with Crippen molar-refractivity contribution in [2.75, 3.05) is 5.32 Å². The summed E-state index contributed by atoms with van der Waals surface area (Å²) in [6, 6.07) is 2.84. The Balaban J connectivity index is 2.06. The van der Waals surface area contributed by atoms with Gasteiger partial charge in [-0.25, -0.2) is 8.78 Å². The molecule has 0 radical (unpaired) electrons. The molecule has 1 atom stereocenters. The smallest absolute Gasteiger partial charge is 0.237 e. The number of aryl methyl sites for hydroxylation is 1. The van der Waals surface area contributed by atoms with Crippen LogP contribution >= 0.6 is 11.8 Å². The number of anilines is 1. The van der Waals surface area contributed by atoms with Crippen molar-refractivity contribution in [2.24, 2.45) is 5.73 Å². The summed E-state index contributed by atoms with van der Waals surface area (Å²) in [5.41, 5.74) is 4.92. The predicted octanol–water partition coefficient (Wildman–Crippen LogP) is 2.11. The van der Waals surface area contributed by atoms with E-state index in [-0.39, 0.29) is 12.1 Å². The normalized spacial score (nSPS) is 12.0. The second-order valence-electron chi connectivity index (χ2n) is 5.48. The molecule has 1 heterocycles. The standard InChI is InChI=1S/C16H19F2N5O2S/c1-3-23-14(7-6-13(19)24)21-22-16(23)26-9(2)15(25)20-12-8-10(17)4-5-11(12)18/h4-5,8-9H,3,6-7H2,1-2H3,(H2,19,24)(H,20,25)/t9-/m0/s1. The quantitative estimate of drug-likeness (QED) is 0.680. The van der Waals surface area contributed by atoms with Crippen LogP contribution in [-0.4, -0.2) is 31.8 Å². The summed E-state index contributed by atoms with van der Waals surface area (Å²) < 4.78 is 28.6. The zero-order valence-corrected chi connectivity index (χ0v) is 15.1. The average Bonchev–Trinajstić information content (AvgIpc) is 2.97. The van der Waals surface area contributed by atoms with Gasteiger partial charge in [0, 0.05) is 25.5 Å². The van der Waals surface area contributed by atoms with Gasteiger partial charge in [0.15, 0.2) is 5.16 Å². The van der Waals surface area contributed by atoms with Crippen LogP contribution in [0.3, 0.4) is 0 Å². The Morgan fingerprint density at radius 3 is 2.73 bits per heavy atom. The fraction of sp³-hybridized carbons (Fsp3) is 0.375. The highest BCUT2D eigenvalue weighted by atomic mass is 32.2. The van der Waals surface area contributed by atoms with Crippen LogP contribution in [0.4, 0.5) is 14.5 Å². The summed E-state index contributed by atoms with van der Waals surface area (Å²) in [6.07, 6.45) is 0.503. The molecule has 10 heteroatoms. The van der Waals surface area contributed by atoms with Crippen molar-refractivity contribution in [3.8, 4) is 0 Å². The number of hydrogen-bond donors (Lipinski definition) is 2. The van der Waals surface area contributed by atoms with Crippen molar-refractivity contribution >= 4 is 29.3 Å². The summed E-state index contributed by atoms with van der Waals surface area (Å²) in [4.78, 5) is 23.2. The average molecular weight is 383 g/mol. The summed E-state index contributed by atoms with van der Waals surface area (Å²) in [5, 5.41) is 10.3. The molecule has 0 saturated heterocycles. The third-order valence-corrected chi connectivity index (χ3v) is 4.62. The number of aromatic nitrogens is 3. The molecule has 1 aromatic heterocycles. The molecule has 0 aliphatic rings. The minimum Gasteiger partial charge on any atom is -0.370 e. The van der Waals surface area contributed by atoms with Gasteiger partial charge in [0.1, 0.15) is 17.5 Å². The number of rotatable bonds is 8. The van der Waals surface area contributed by atoms with Crippen molar-refractivity contribution in [1.29, 1.82) is 0 Å². The zero-order valence-electron chi connectivity index (χ0n) is 14.3. The lowest BCUT2D eigenvalue weighted by Crippen LogP contribution is -2.23. The highest BCUT2D eigenvalue weighted by Gasteiger charge is 2.21. The molecule has 0 aliphatic carbocycles. The minimum absolute atomic E-state index is 0.150. The fourth-order valence-corrected chi connectivity index (χ4v) is 3.11. The van der Waals surface area contributed by atoms with E-state index in [1.807, 2.05) is 6.92 Å². The number of nitrogens with one attached hydrogen (secondary N) is 1. The van der Waals surface area contributed by atoms with E-state index in [1.54, 1.807) is 11.5 Å². The van der Waals surface area contributed by atoms with Crippen LogP contribution in [0.2, 0.25) is 0 Å². The van der Waals surface area contributed by atoms with Gasteiger partial charge in [-0.2, -0.15) is 0 Å². The summed E-state index contributed by atoms with van der Waals surface area (Å²) >= 11 is 1.13. The number of halogens is 2. The van der Waals surface area contributed by atoms with E-state index in [2.05, 4.69) is 15.5 Å². The molecule has 140 valence electrons. The molecule has 2 rings (SSSR count). The molecular formula is C16H19F2N5O2S. The lowest BCUT2D eigenvalue weighted by Gasteiger charge is -2.13. The molecule has 0 fully saturated rings. The number of hydrogen-bond acceptors (Lipinski definition) is 5. The predicted molar refractivity (Wildman–Crippen MR) is 93.5 cm³/mol. The van der Waals surface area contributed by atoms with Gasteiger partial charge in [-0.3, -0.25) is 9.59 Å². The van der Waals surface area contributed by atoms with Gasteiger partial charge in [-0.1, -0.05) is 11.8 Å². The van der Waals surface area contributed by atoms with Crippen LogP contribution in [0.25, 0.3) is 0 Å². The zero-order chi connectivity index (χ0) is 19.3. The molecule has 0 unspecified atom stereocenters. The Kier molecular flexibility index (Phi) is 6.67. The summed E-state index contributed by atoms with van der Waals surface area (Å²) in [6.45, 7) is 4.05. The van der Waals surface area contributed by atoms with Crippen molar-refractivity contribution in [3.63, 3.8) is 0 Å². The molecule has 2 aromatic rings. The first-order chi connectivity index (χ1) is 12.3. The number of benzene rings is 1. The number of carbonyl (C=O) groups is 2. The second-order valence-corrected chi connectivity index (χ2v) is 6.79. The largest absolute Gasteiger partial charge is 0.370 e. The number of thioether (sulfide) groups is 1. The van der Waals surface area contributed by atoms with Gasteiger partial charge < -0.3 is 15.6 Å². The molecule has 0 saturated carbocycles. The molecule has 0 bridgehead atoms. The van der Waals surface area contributed by atoms with Crippen LogP contribution in [0.5, 0.6) is 0 Å². The van der Waals surface area contributed by atoms with Gasteiger partial charge in [0.25, 0.3) is 0 Å². The van der Waals surface area contributed by atoms with E-state index in [0.29, 0.717) is 23.9 Å². The Bertz CT molecular complexity index is 812. The monoisotopic (exact) mass is 383 g/mol. The first kappa shape index (κ1) is 19.8. The minimum atomic E-state index is -0.720. The highest BCUT2D eigenvalue weighted by molar-refractivity contribution is 8.00. The van der Waals surface area contributed by atoms with Crippen LogP contribution in [0.15, 0.2) is 23.4 Å². The second kappa shape index (κ2) is 8.75. The number of nitrogens with two attached hydrogens (primary N) is 1. The van der Waals surface area contributed by atoms with Crippen molar-refractivity contribution in [1.82, 2.24) is 14.8 Å². The van der Waals surface area contributed by atoms with Crippen molar-refractivity contribution in [3.05, 3.63) is 35.7 Å². The lowest BCUT2D eigenvalue weighted by atomic mass is 10.3. The van der Waals surface area contributed by atoms with Gasteiger partial charge >= 0.3 is 0 Å². The lowest BCUT2D eigenvalue weighted by molar-refractivity contribution is -0.118. The van der Waals surface area contributed by atoms with Gasteiger partial charge in [-0.15, -0.1) is 10.2 Å². The van der Waals surface area contributed by atoms with Crippen molar-refractivity contribution < 1.29 is 18.4 Å². The molecule has 0 spiro atoms. The van der Waals surface area contributed by atoms with Gasteiger partial charge in [-0.05, 0) is 26.0 Å². The van der Waals surface area contributed by atoms with Crippen LogP contribution in [-0.2, 0) is 22.6 Å². The van der Waals surface area contributed by atoms with E-state index in [1.165, 1.54) is 0 Å². The molecule has 1 aromatic carbocycles. The highest BCUT2D eigenvalue weighted by Crippen LogP contribution is 2.24. The Hall–Kier alpha value is -2.49. The first-order valence-electron chi connectivity index (χ1n) is 7.94. The van der Waals surface area contributed by atoms with Gasteiger partial charge in [0.05, 0.1) is 10.9 Å². The third kappa shape index (κ3) is 5.01. The molecule has 2 amide bonds. The first-order valence-corrected chi connectivity index (χ1v) is 8.82. The van der Waals surface area contributed by atoms with E-state index in [9.17, 15) is 18.4 Å². The van der Waals surface area contributed by atoms with E-state index in [0.717, 1.165) is 30.0 Å². The maximum absolute atomic E-state index is 13.6. The maximum Gasteiger partial charge on any atom is 0.237 e. The number of amides is 2. The maximum atomic E-state index is 13.6. The molecule has 7 nitrogen and oxygen atoms in total. The molecule has 0 aliphatic heterocycles.